The van der Waals surface area contributed by atoms with Crippen LogP contribution in [0.1, 0.15) is 42.5 Å². The second-order valence-electron chi connectivity index (χ2n) is 16.5. The zero-order valence-corrected chi connectivity index (χ0v) is 36.9. The largest absolute Gasteiger partial charge is 0.398 e. The molecule has 0 spiro atoms. The molecule has 0 radical (unpaired) electrons. The number of rotatable bonds is 13. The van der Waals surface area contributed by atoms with E-state index in [1.165, 1.54) is 22.5 Å². The topological polar surface area (TPSA) is 80.0 Å². The Bertz CT molecular complexity index is 2360. The Balaban J connectivity index is 0.744. The average molecular weight is 846 g/mol. The quantitative estimate of drug-likeness (QED) is 0.0685. The van der Waals surface area contributed by atoms with Crippen molar-refractivity contribution in [3.05, 3.63) is 141 Å². The van der Waals surface area contributed by atoms with Crippen LogP contribution in [0.4, 0.5) is 17.1 Å². The van der Waals surface area contributed by atoms with E-state index in [0.29, 0.717) is 10.7 Å². The minimum atomic E-state index is 0.129. The van der Waals surface area contributed by atoms with Gasteiger partial charge in [-0.15, -0.1) is 8.58 Å². The van der Waals surface area contributed by atoms with Gasteiger partial charge >= 0.3 is 0 Å². The molecule has 5 aromatic carbocycles. The fourth-order valence-electron chi connectivity index (χ4n) is 8.41. The summed E-state index contributed by atoms with van der Waals surface area (Å²) in [7, 11) is 2.70. The molecule has 2 aliphatic rings. The zero-order chi connectivity index (χ0) is 40.9. The maximum atomic E-state index is 6.27. The Morgan fingerprint density at radius 2 is 1.36 bits per heavy atom. The number of anilines is 3. The van der Waals surface area contributed by atoms with Gasteiger partial charge in [0.25, 0.3) is 0 Å². The lowest BCUT2D eigenvalue weighted by molar-refractivity contribution is 0.235. The SMILES string of the molecule is CN=C(c1ccc(N2CCN(CPCc3ccc(C(C)(C)CCN4CCN(c5ccc(-c6n[nH]c7ccc(Cl)cc67)cc5)CC4)cc3)CC2)cc1)c1cc(Cl)ccc1N. The lowest BCUT2D eigenvalue weighted by atomic mass is 9.81. The molecule has 0 saturated carbocycles. The van der Waals surface area contributed by atoms with Crippen molar-refractivity contribution in [2.75, 3.05) is 87.8 Å². The first-order valence-electron chi connectivity index (χ1n) is 20.7. The first-order valence-corrected chi connectivity index (χ1v) is 22.9. The summed E-state index contributed by atoms with van der Waals surface area (Å²) in [5, 5.41) is 10.1. The van der Waals surface area contributed by atoms with Crippen LogP contribution in [-0.2, 0) is 11.6 Å². The monoisotopic (exact) mass is 844 g/mol. The van der Waals surface area contributed by atoms with Gasteiger partial charge in [-0.2, -0.15) is 5.10 Å². The maximum Gasteiger partial charge on any atom is 0.0999 e. The summed E-state index contributed by atoms with van der Waals surface area (Å²) in [5.41, 5.74) is 18.3. The first-order chi connectivity index (χ1) is 28.6. The molecule has 0 aliphatic carbocycles. The number of nitrogen functional groups attached to an aromatic ring is 1. The Hall–Kier alpha value is -4.43. The molecule has 2 aliphatic heterocycles. The van der Waals surface area contributed by atoms with E-state index in [4.69, 9.17) is 28.9 Å². The summed E-state index contributed by atoms with van der Waals surface area (Å²) >= 11 is 12.5. The van der Waals surface area contributed by atoms with Crippen LogP contribution in [0.2, 0.25) is 10.0 Å². The number of benzene rings is 5. The molecule has 2 saturated heterocycles. The van der Waals surface area contributed by atoms with E-state index in [1.807, 2.05) is 36.4 Å². The predicted molar refractivity (Wildman–Crippen MR) is 254 cm³/mol. The number of piperazine rings is 2. The lowest BCUT2D eigenvalue weighted by Gasteiger charge is -2.37. The third-order valence-electron chi connectivity index (χ3n) is 12.2. The highest BCUT2D eigenvalue weighted by molar-refractivity contribution is 7.36. The Morgan fingerprint density at radius 1 is 0.746 bits per heavy atom. The number of aliphatic imine (C=N–C) groups is 1. The number of nitrogens with two attached hydrogens (primary N) is 1. The Labute approximate surface area is 361 Å². The van der Waals surface area contributed by atoms with E-state index in [9.17, 15) is 0 Å². The van der Waals surface area contributed by atoms with Crippen molar-refractivity contribution < 1.29 is 0 Å². The van der Waals surface area contributed by atoms with E-state index in [2.05, 4.69) is 121 Å². The molecular formula is C48H55Cl2N8P. The van der Waals surface area contributed by atoms with Gasteiger partial charge < -0.3 is 15.5 Å². The van der Waals surface area contributed by atoms with Gasteiger partial charge in [0.15, 0.2) is 0 Å². The van der Waals surface area contributed by atoms with Gasteiger partial charge in [0.05, 0.1) is 16.9 Å². The third kappa shape index (κ3) is 9.80. The molecule has 2 fully saturated rings. The zero-order valence-electron chi connectivity index (χ0n) is 34.4. The van der Waals surface area contributed by atoms with Gasteiger partial charge in [-0.25, -0.2) is 0 Å². The van der Waals surface area contributed by atoms with E-state index in [-0.39, 0.29) is 5.41 Å². The fraction of sp³-hybridized carbons (Fsp3) is 0.333. The summed E-state index contributed by atoms with van der Waals surface area (Å²) in [6.45, 7) is 14.4. The third-order valence-corrected chi connectivity index (χ3v) is 14.0. The van der Waals surface area contributed by atoms with Gasteiger partial charge in [-0.3, -0.25) is 19.9 Å². The molecule has 1 unspecified atom stereocenters. The average Bonchev–Trinajstić information content (AvgIpc) is 3.68. The highest BCUT2D eigenvalue weighted by atomic mass is 35.5. The number of aromatic nitrogens is 2. The van der Waals surface area contributed by atoms with Crippen molar-refractivity contribution in [3.8, 4) is 11.3 Å². The second kappa shape index (κ2) is 18.5. The second-order valence-corrected chi connectivity index (χ2v) is 18.6. The van der Waals surface area contributed by atoms with Crippen LogP contribution in [-0.4, -0.2) is 97.9 Å². The Kier molecular flexibility index (Phi) is 12.9. The number of nitrogens with zero attached hydrogens (tertiary/aromatic N) is 6. The molecular weight excluding hydrogens is 790 g/mol. The van der Waals surface area contributed by atoms with Crippen molar-refractivity contribution in [3.63, 3.8) is 0 Å². The molecule has 8 rings (SSSR count). The minimum absolute atomic E-state index is 0.129. The van der Waals surface area contributed by atoms with Gasteiger partial charge in [-0.05, 0) is 96.3 Å². The smallest absolute Gasteiger partial charge is 0.0999 e. The highest BCUT2D eigenvalue weighted by Crippen LogP contribution is 2.32. The van der Waals surface area contributed by atoms with Gasteiger partial charge in [-0.1, -0.05) is 85.6 Å². The van der Waals surface area contributed by atoms with Gasteiger partial charge in [0.1, 0.15) is 0 Å². The van der Waals surface area contributed by atoms with E-state index in [0.717, 1.165) is 130 Å². The van der Waals surface area contributed by atoms with Crippen molar-refractivity contribution in [1.82, 2.24) is 20.0 Å². The van der Waals surface area contributed by atoms with Crippen LogP contribution in [0.25, 0.3) is 22.2 Å². The first kappa shape index (κ1) is 41.3. The van der Waals surface area contributed by atoms with Crippen LogP contribution in [0.5, 0.6) is 0 Å². The number of hydrogen-bond acceptors (Lipinski definition) is 7. The molecule has 306 valence electrons. The summed E-state index contributed by atoms with van der Waals surface area (Å²) in [6, 6.07) is 38.4. The summed E-state index contributed by atoms with van der Waals surface area (Å²) in [4.78, 5) is 14.8. The number of nitrogens with one attached hydrogen (secondary N) is 1. The summed E-state index contributed by atoms with van der Waals surface area (Å²) < 4.78 is 0. The molecule has 59 heavy (non-hydrogen) atoms. The van der Waals surface area contributed by atoms with Crippen LogP contribution in [0.3, 0.4) is 0 Å². The molecule has 1 aromatic heterocycles. The fourth-order valence-corrected chi connectivity index (χ4v) is 10.0. The van der Waals surface area contributed by atoms with Crippen molar-refractivity contribution in [2.45, 2.75) is 31.8 Å². The molecule has 3 N–H and O–H groups in total. The van der Waals surface area contributed by atoms with Crippen LogP contribution in [0.15, 0.2) is 114 Å². The number of H-pyrrole nitrogens is 1. The van der Waals surface area contributed by atoms with E-state index in [1.54, 1.807) is 7.05 Å². The summed E-state index contributed by atoms with van der Waals surface area (Å²) in [5.74, 6) is 0. The molecule has 1 atom stereocenters. The Morgan fingerprint density at radius 3 is 2.02 bits per heavy atom. The molecule has 8 nitrogen and oxygen atoms in total. The normalized spacial score (nSPS) is 16.2. The van der Waals surface area contributed by atoms with Crippen molar-refractivity contribution in [1.29, 1.82) is 0 Å². The standard InChI is InChI=1S/C48H55Cl2N8P/c1-48(2,20-21-55-22-26-57(27-23-55)41-16-8-36(9-17-41)47-43-31-39(50)13-19-45(43)53-54-47)37-10-4-34(5-11-37)32-59-33-56-24-28-58(29-25-56)40-14-6-35(7-15-40)46(52-3)42-30-38(49)12-18-44(42)51/h4-19,30-31,59H,20-29,32-33,51H2,1-3H3,(H,53,54). The molecule has 6 aromatic rings. The predicted octanol–water partition coefficient (Wildman–Crippen LogP) is 10.0. The van der Waals surface area contributed by atoms with Gasteiger partial charge in [0, 0.05) is 115 Å². The van der Waals surface area contributed by atoms with Crippen LogP contribution >= 0.6 is 31.8 Å². The molecule has 11 heteroatoms. The van der Waals surface area contributed by atoms with Crippen LogP contribution in [0, 0.1) is 0 Å². The van der Waals surface area contributed by atoms with Gasteiger partial charge in [0.2, 0.25) is 0 Å². The highest BCUT2D eigenvalue weighted by Gasteiger charge is 2.24. The van der Waals surface area contributed by atoms with Crippen molar-refractivity contribution in [2.24, 2.45) is 4.99 Å². The number of aromatic amines is 1. The number of fused-ring (bicyclic) bond motifs is 1. The van der Waals surface area contributed by atoms with E-state index < -0.39 is 0 Å². The summed E-state index contributed by atoms with van der Waals surface area (Å²) in [6.07, 6.45) is 3.45. The maximum absolute atomic E-state index is 6.27. The lowest BCUT2D eigenvalue weighted by Crippen LogP contribution is -2.47. The van der Waals surface area contributed by atoms with Crippen LogP contribution < -0.4 is 15.5 Å². The molecule has 0 amide bonds. The minimum Gasteiger partial charge on any atom is -0.398 e. The van der Waals surface area contributed by atoms with E-state index >= 15 is 0 Å². The molecule has 3 heterocycles. The number of halogens is 2. The number of hydrogen-bond donors (Lipinski definition) is 2. The molecule has 0 bridgehead atoms. The van der Waals surface area contributed by atoms with Crippen molar-refractivity contribution >= 4 is 65.5 Å².